The molecule has 0 aliphatic carbocycles. The van der Waals surface area contributed by atoms with Crippen molar-refractivity contribution in [3.8, 4) is 0 Å². The van der Waals surface area contributed by atoms with Gasteiger partial charge in [-0.15, -0.1) is 0 Å². The van der Waals surface area contributed by atoms with E-state index in [-0.39, 0.29) is 56.7 Å². The Kier molecular flexibility index (Phi) is 24.9. The summed E-state index contributed by atoms with van der Waals surface area (Å²) in [4.78, 5) is 119. The molecule has 24 nitrogen and oxygen atoms in total. The number of fused-ring (bicyclic) bond motifs is 1. The number of benzene rings is 4. The van der Waals surface area contributed by atoms with Gasteiger partial charge in [0.25, 0.3) is 0 Å². The lowest BCUT2D eigenvalue weighted by atomic mass is 9.98. The second-order valence-electron chi connectivity index (χ2n) is 26.6. The van der Waals surface area contributed by atoms with Crippen molar-refractivity contribution in [2.24, 2.45) is 23.6 Å². The van der Waals surface area contributed by atoms with Crippen molar-refractivity contribution in [1.82, 2.24) is 25.1 Å². The van der Waals surface area contributed by atoms with Crippen molar-refractivity contribution in [2.45, 2.75) is 169 Å². The van der Waals surface area contributed by atoms with Gasteiger partial charge in [0.15, 0.2) is 0 Å². The Bertz CT molecular complexity index is 3820. The molecule has 5 aromatic rings. The first-order valence-corrected chi connectivity index (χ1v) is 34.0. The van der Waals surface area contributed by atoms with Crippen molar-refractivity contribution in [2.75, 3.05) is 44.9 Å². The number of para-hydroxylation sites is 1. The number of hydrogen-bond acceptors (Lipinski definition) is 17. The number of halogens is 2. The zero-order valence-electron chi connectivity index (χ0n) is 56.3. The lowest BCUT2D eigenvalue weighted by molar-refractivity contribution is -0.163. The van der Waals surface area contributed by atoms with Gasteiger partial charge in [-0.05, 0) is 158 Å². The fourth-order valence-electron chi connectivity index (χ4n) is 11.5. The van der Waals surface area contributed by atoms with E-state index in [2.05, 4.69) is 16.0 Å². The quantitative estimate of drug-likeness (QED) is 0.00783. The number of aryl methyl sites for hydroxylation is 4. The molecule has 97 heavy (non-hydrogen) atoms. The lowest BCUT2D eigenvalue weighted by Gasteiger charge is -2.31. The summed E-state index contributed by atoms with van der Waals surface area (Å²) in [5.41, 5.74) is 5.07. The molecule has 1 saturated heterocycles. The highest BCUT2D eigenvalue weighted by molar-refractivity contribution is 7.54. The van der Waals surface area contributed by atoms with Gasteiger partial charge in [-0.2, -0.15) is 8.78 Å². The van der Waals surface area contributed by atoms with Crippen LogP contribution in [-0.2, 0) is 121 Å². The van der Waals surface area contributed by atoms with E-state index in [1.165, 1.54) is 73.8 Å². The standard InChI is InChI=1S/C70H88F2N7O17P/c1-43(48-22-25-51(26-23-48)70(71,72)97(89,95-41-93-65(86)68(3,4)5)96-42-94-66(87)69(6,7)8)37-60(82)74-53-27-24-49-15-10-16-50-39-57(79(61(49)50)64(53)85)63(84)75-52(28-31-58(73)80)44(2)92-40-47-19-17-45(18-20-47)13-11-33-90-35-36-91-34-12-14-46-21-29-54-56(38-46)77(9)67(88)78(54)55-30-32-59(81)76-62(55)83/h10,15-23,25-26,29,37-38,44,52-53,55,57H,11-14,24,27-28,30-36,39-42H2,1-9H3,(H2,73,80)(H,74,82)(H,75,84)(H,76,81,83)/b43-37+/t44-,52+,53+,55?,57+/m1/s1. The van der Waals surface area contributed by atoms with Crippen molar-refractivity contribution < 1.29 is 84.4 Å². The molecule has 6 amide bonds. The van der Waals surface area contributed by atoms with E-state index in [0.29, 0.717) is 60.7 Å². The van der Waals surface area contributed by atoms with E-state index in [1.807, 2.05) is 60.7 Å². The third kappa shape index (κ3) is 18.9. The molecule has 1 unspecified atom stereocenters. The number of allylic oxidation sites excluding steroid dienone is 1. The Balaban J connectivity index is 0.797. The Morgan fingerprint density at radius 1 is 0.763 bits per heavy atom. The summed E-state index contributed by atoms with van der Waals surface area (Å²) in [7, 11) is -3.93. The minimum absolute atomic E-state index is 0.0560. The summed E-state index contributed by atoms with van der Waals surface area (Å²) in [6.45, 7) is 12.2. The van der Waals surface area contributed by atoms with E-state index in [9.17, 15) is 47.7 Å². The van der Waals surface area contributed by atoms with Gasteiger partial charge in [-0.25, -0.2) is 4.79 Å². The van der Waals surface area contributed by atoms with Gasteiger partial charge < -0.3 is 40.1 Å². The van der Waals surface area contributed by atoms with Gasteiger partial charge in [0.05, 0.1) is 59.5 Å². The number of nitrogens with one attached hydrogen (secondary N) is 3. The zero-order valence-corrected chi connectivity index (χ0v) is 57.2. The molecule has 5 N–H and O–H groups in total. The average Bonchev–Trinajstić information content (AvgIpc) is 1.66. The normalized spacial score (nSPS) is 17.5. The van der Waals surface area contributed by atoms with Crippen LogP contribution >= 0.6 is 7.60 Å². The van der Waals surface area contributed by atoms with E-state index < -0.39 is 115 Å². The van der Waals surface area contributed by atoms with Crippen LogP contribution in [0.3, 0.4) is 0 Å². The number of anilines is 1. The van der Waals surface area contributed by atoms with Crippen molar-refractivity contribution in [3.63, 3.8) is 0 Å². The molecule has 524 valence electrons. The number of rotatable bonds is 32. The molecule has 0 spiro atoms. The van der Waals surface area contributed by atoms with Crippen LogP contribution in [0.5, 0.6) is 0 Å². The van der Waals surface area contributed by atoms with Crippen LogP contribution < -0.4 is 32.3 Å². The number of imidazole rings is 1. The summed E-state index contributed by atoms with van der Waals surface area (Å²) in [5.74, 6) is -4.77. The van der Waals surface area contributed by atoms with Crippen LogP contribution in [0.25, 0.3) is 16.6 Å². The number of nitrogens with zero attached hydrogens (tertiary/aromatic N) is 3. The van der Waals surface area contributed by atoms with Crippen LogP contribution in [0.15, 0.2) is 95.8 Å². The predicted molar refractivity (Wildman–Crippen MR) is 354 cm³/mol. The first-order chi connectivity index (χ1) is 45.9. The van der Waals surface area contributed by atoms with Gasteiger partial charge >= 0.3 is 30.9 Å². The lowest BCUT2D eigenvalue weighted by Crippen LogP contribution is -2.56. The minimum atomic E-state index is -5.61. The summed E-state index contributed by atoms with van der Waals surface area (Å²) < 4.78 is 87.2. The number of nitrogens with two attached hydrogens (primary N) is 1. The Morgan fingerprint density at radius 3 is 1.97 bits per heavy atom. The number of carbonyl (C=O) groups is 8. The molecular weight excluding hydrogens is 1280 g/mol. The number of piperidine rings is 1. The largest absolute Gasteiger partial charge is 0.438 e. The maximum atomic E-state index is 16.3. The fraction of sp³-hybridized carbons (Fsp3) is 0.500. The van der Waals surface area contributed by atoms with E-state index in [4.69, 9.17) is 38.5 Å². The number of alkyl halides is 2. The molecule has 0 saturated carbocycles. The Hall–Kier alpha value is -8.26. The molecule has 1 fully saturated rings. The fourth-order valence-corrected chi connectivity index (χ4v) is 12.8. The molecule has 3 aliphatic rings. The molecule has 4 heterocycles. The number of ether oxygens (including phenoxy) is 5. The molecule has 8 rings (SSSR count). The smallest absolute Gasteiger partial charge is 0.410 e. The molecule has 0 bridgehead atoms. The number of carbonyl (C=O) groups excluding carboxylic acids is 8. The second kappa shape index (κ2) is 32.4. The van der Waals surface area contributed by atoms with Gasteiger partial charge in [-0.3, -0.25) is 71.3 Å². The van der Waals surface area contributed by atoms with Crippen LogP contribution in [0.2, 0.25) is 0 Å². The van der Waals surface area contributed by atoms with Gasteiger partial charge in [0.2, 0.25) is 49.0 Å². The van der Waals surface area contributed by atoms with Gasteiger partial charge in [0, 0.05) is 51.2 Å². The summed E-state index contributed by atoms with van der Waals surface area (Å²) in [6, 6.07) is 20.1. The molecule has 3 aliphatic heterocycles. The topological polar surface area (TPSA) is 311 Å². The molecule has 5 atom stereocenters. The van der Waals surface area contributed by atoms with Crippen molar-refractivity contribution in [3.05, 3.63) is 140 Å². The summed E-state index contributed by atoms with van der Waals surface area (Å²) in [5, 5.41) is 8.18. The highest BCUT2D eigenvalue weighted by Gasteiger charge is 2.56. The number of esters is 2. The van der Waals surface area contributed by atoms with Crippen LogP contribution in [0.4, 0.5) is 14.5 Å². The SMILES string of the molecule is C/C(=C\C(=O)N[C@H]1CCc2cccc3c2N(C1=O)[C@H](C(=O)N[C@@H](CCC(N)=O)[C@@H](C)OCc1ccc(CCCOCCOCCCc2ccc4c(c2)n(C)c(=O)n4C2CCC(=O)NC2=O)cc1)C3)c1ccc(C(F)(F)P(=O)(OCOC(=O)C(C)(C)C)OCOC(=O)C(C)(C)C)cc1. The maximum absolute atomic E-state index is 16.3. The number of imide groups is 1. The first kappa shape index (κ1) is 74.5. The van der Waals surface area contributed by atoms with Crippen LogP contribution in [0, 0.1) is 10.8 Å². The van der Waals surface area contributed by atoms with Crippen molar-refractivity contribution in [1.29, 1.82) is 0 Å². The minimum Gasteiger partial charge on any atom is -0.438 e. The molecule has 27 heteroatoms. The van der Waals surface area contributed by atoms with E-state index in [0.717, 1.165) is 65.6 Å². The maximum Gasteiger partial charge on any atom is 0.410 e. The number of aromatic nitrogens is 2. The molecule has 4 aromatic carbocycles. The van der Waals surface area contributed by atoms with Crippen LogP contribution in [-0.4, -0.2) is 121 Å². The molecule has 1 aromatic heterocycles. The number of primary amides is 1. The highest BCUT2D eigenvalue weighted by Crippen LogP contribution is 2.67. The molecule has 0 radical (unpaired) electrons. The van der Waals surface area contributed by atoms with Gasteiger partial charge in [-0.1, -0.05) is 72.8 Å². The number of hydrogen-bond donors (Lipinski definition) is 4. The third-order valence-electron chi connectivity index (χ3n) is 17.1. The van der Waals surface area contributed by atoms with Crippen LogP contribution in [0.1, 0.15) is 145 Å². The van der Waals surface area contributed by atoms with E-state index >= 15 is 8.78 Å². The Labute approximate surface area is 562 Å². The zero-order chi connectivity index (χ0) is 70.6. The first-order valence-electron chi connectivity index (χ1n) is 32.5. The third-order valence-corrected chi connectivity index (χ3v) is 19.0. The summed E-state index contributed by atoms with van der Waals surface area (Å²) >= 11 is 0. The monoisotopic (exact) mass is 1370 g/mol. The van der Waals surface area contributed by atoms with Gasteiger partial charge in [0.1, 0.15) is 18.1 Å². The highest BCUT2D eigenvalue weighted by atomic mass is 31.2. The Morgan fingerprint density at radius 2 is 1.36 bits per heavy atom. The van der Waals surface area contributed by atoms with E-state index in [1.54, 1.807) is 20.9 Å². The second-order valence-corrected chi connectivity index (χ2v) is 28.7. The number of amides is 6. The molecular formula is C70H88F2N7O17P. The predicted octanol–water partition coefficient (Wildman–Crippen LogP) is 8.43. The average molecular weight is 1370 g/mol. The van der Waals surface area contributed by atoms with Crippen molar-refractivity contribution >= 4 is 77.3 Å². The summed E-state index contributed by atoms with van der Waals surface area (Å²) in [6.07, 6.45) is 4.90.